The normalized spacial score (nSPS) is 16.6. The molecule has 4 nitrogen and oxygen atoms in total. The van der Waals surface area contributed by atoms with E-state index in [4.69, 9.17) is 0 Å². The van der Waals surface area contributed by atoms with Crippen molar-refractivity contribution in [1.29, 1.82) is 0 Å². The number of aromatic nitrogens is 2. The summed E-state index contributed by atoms with van der Waals surface area (Å²) in [5, 5.41) is 7.35. The highest BCUT2D eigenvalue weighted by atomic mass is 79.9. The van der Waals surface area contributed by atoms with Gasteiger partial charge >= 0.3 is 0 Å². The molecule has 16 heavy (non-hydrogen) atoms. The summed E-state index contributed by atoms with van der Waals surface area (Å²) in [7, 11) is 0. The zero-order chi connectivity index (χ0) is 11.4. The van der Waals surface area contributed by atoms with Crippen molar-refractivity contribution in [3.8, 4) is 0 Å². The molecule has 1 heterocycles. The molecule has 0 saturated heterocycles. The number of nitrogens with one attached hydrogen (secondary N) is 1. The predicted octanol–water partition coefficient (Wildman–Crippen LogP) is 2.41. The number of hydrogen-bond donors (Lipinski definition) is 1. The van der Waals surface area contributed by atoms with Crippen LogP contribution in [0.25, 0.3) is 0 Å². The van der Waals surface area contributed by atoms with E-state index in [2.05, 4.69) is 26.3 Å². The molecule has 1 aliphatic carbocycles. The Kier molecular flexibility index (Phi) is 3.98. The van der Waals surface area contributed by atoms with Gasteiger partial charge in [0, 0.05) is 18.8 Å². The first kappa shape index (κ1) is 11.6. The average Bonchev–Trinajstić information content (AvgIpc) is 2.91. The van der Waals surface area contributed by atoms with Gasteiger partial charge in [-0.15, -0.1) is 0 Å². The Labute approximate surface area is 104 Å². The molecule has 1 aromatic rings. The van der Waals surface area contributed by atoms with Gasteiger partial charge in [-0.1, -0.05) is 28.8 Å². The second kappa shape index (κ2) is 5.48. The van der Waals surface area contributed by atoms with Crippen LogP contribution in [-0.4, -0.2) is 21.0 Å². The molecule has 0 aromatic carbocycles. The highest BCUT2D eigenvalue weighted by molar-refractivity contribution is 9.09. The van der Waals surface area contributed by atoms with E-state index >= 15 is 0 Å². The molecule has 1 N–H and O–H groups in total. The number of carbonyl (C=O) groups excluding carboxylic acids is 1. The second-order valence-electron chi connectivity index (χ2n) is 4.26. The summed E-state index contributed by atoms with van der Waals surface area (Å²) < 4.78 is 1.93. The third kappa shape index (κ3) is 3.07. The van der Waals surface area contributed by atoms with E-state index in [1.54, 1.807) is 0 Å². The molecule has 0 unspecified atom stereocenters. The van der Waals surface area contributed by atoms with Crippen molar-refractivity contribution in [3.05, 3.63) is 12.3 Å². The summed E-state index contributed by atoms with van der Waals surface area (Å²) in [6, 6.07) is 1.84. The molecule has 0 aliphatic heterocycles. The zero-order valence-corrected chi connectivity index (χ0v) is 10.7. The molecule has 5 heteroatoms. The van der Waals surface area contributed by atoms with Crippen molar-refractivity contribution < 1.29 is 4.79 Å². The SMILES string of the molecule is O=C(CBr)Nc1ccn(CC2CCCC2)n1. The molecule has 1 aromatic heterocycles. The standard InChI is InChI=1S/C11H16BrN3O/c12-7-11(16)13-10-5-6-15(14-10)8-9-3-1-2-4-9/h5-6,9H,1-4,7-8H2,(H,13,14,16). The van der Waals surface area contributed by atoms with Gasteiger partial charge in [-0.2, -0.15) is 5.10 Å². The summed E-state index contributed by atoms with van der Waals surface area (Å²) in [6.07, 6.45) is 7.24. The van der Waals surface area contributed by atoms with Crippen LogP contribution in [0.15, 0.2) is 12.3 Å². The van der Waals surface area contributed by atoms with Crippen molar-refractivity contribution in [3.63, 3.8) is 0 Å². The van der Waals surface area contributed by atoms with Gasteiger partial charge in [0.05, 0.1) is 5.33 Å². The third-order valence-corrected chi connectivity index (χ3v) is 3.46. The van der Waals surface area contributed by atoms with Crippen LogP contribution < -0.4 is 5.32 Å². The first-order chi connectivity index (χ1) is 7.78. The molecular weight excluding hydrogens is 270 g/mol. The predicted molar refractivity (Wildman–Crippen MR) is 66.6 cm³/mol. The summed E-state index contributed by atoms with van der Waals surface area (Å²) in [5.74, 6) is 1.34. The summed E-state index contributed by atoms with van der Waals surface area (Å²) in [5.41, 5.74) is 0. The number of anilines is 1. The first-order valence-electron chi connectivity index (χ1n) is 5.67. The Morgan fingerprint density at radius 1 is 1.56 bits per heavy atom. The van der Waals surface area contributed by atoms with E-state index in [9.17, 15) is 4.79 Å². The van der Waals surface area contributed by atoms with E-state index in [0.717, 1.165) is 12.5 Å². The Bertz CT molecular complexity index is 358. The lowest BCUT2D eigenvalue weighted by Gasteiger charge is -2.08. The lowest BCUT2D eigenvalue weighted by molar-refractivity contribution is -0.113. The molecule has 1 aliphatic rings. The van der Waals surface area contributed by atoms with Gasteiger partial charge in [0.2, 0.25) is 5.91 Å². The van der Waals surface area contributed by atoms with Crippen molar-refractivity contribution >= 4 is 27.7 Å². The van der Waals surface area contributed by atoms with Crippen LogP contribution in [0, 0.1) is 5.92 Å². The number of halogens is 1. The topological polar surface area (TPSA) is 46.9 Å². The van der Waals surface area contributed by atoms with E-state index in [1.807, 2.05) is 16.9 Å². The highest BCUT2D eigenvalue weighted by Gasteiger charge is 2.15. The number of hydrogen-bond acceptors (Lipinski definition) is 2. The molecular formula is C11H16BrN3O. The molecule has 1 saturated carbocycles. The monoisotopic (exact) mass is 285 g/mol. The van der Waals surface area contributed by atoms with E-state index in [-0.39, 0.29) is 5.91 Å². The highest BCUT2D eigenvalue weighted by Crippen LogP contribution is 2.26. The van der Waals surface area contributed by atoms with Crippen LogP contribution in [0.3, 0.4) is 0 Å². The van der Waals surface area contributed by atoms with Crippen molar-refractivity contribution in [2.75, 3.05) is 10.6 Å². The van der Waals surface area contributed by atoms with Gasteiger partial charge < -0.3 is 5.32 Å². The number of nitrogens with zero attached hydrogens (tertiary/aromatic N) is 2. The third-order valence-electron chi connectivity index (χ3n) is 2.95. The molecule has 2 rings (SSSR count). The maximum absolute atomic E-state index is 11.1. The average molecular weight is 286 g/mol. The van der Waals surface area contributed by atoms with Gasteiger partial charge in [0.25, 0.3) is 0 Å². The minimum absolute atomic E-state index is 0.0638. The Morgan fingerprint density at radius 2 is 2.31 bits per heavy atom. The second-order valence-corrected chi connectivity index (χ2v) is 4.82. The fourth-order valence-corrected chi connectivity index (χ4v) is 2.30. The maximum Gasteiger partial charge on any atom is 0.236 e. The Hall–Kier alpha value is -0.840. The lowest BCUT2D eigenvalue weighted by Crippen LogP contribution is -2.14. The molecule has 88 valence electrons. The summed E-state index contributed by atoms with van der Waals surface area (Å²) >= 11 is 3.10. The summed E-state index contributed by atoms with van der Waals surface area (Å²) in [4.78, 5) is 11.1. The molecule has 1 amide bonds. The van der Waals surface area contributed by atoms with Crippen LogP contribution in [-0.2, 0) is 11.3 Å². The van der Waals surface area contributed by atoms with Crippen molar-refractivity contribution in [1.82, 2.24) is 9.78 Å². The van der Waals surface area contributed by atoms with Crippen LogP contribution in [0.4, 0.5) is 5.82 Å². The fourth-order valence-electron chi connectivity index (χ4n) is 2.16. The first-order valence-corrected chi connectivity index (χ1v) is 6.79. The van der Waals surface area contributed by atoms with Gasteiger partial charge in [-0.05, 0) is 18.8 Å². The number of amides is 1. The van der Waals surface area contributed by atoms with Crippen LogP contribution >= 0.6 is 15.9 Å². The number of rotatable bonds is 4. The quantitative estimate of drug-likeness (QED) is 0.864. The number of carbonyl (C=O) groups is 1. The largest absolute Gasteiger partial charge is 0.308 e. The van der Waals surface area contributed by atoms with Crippen LogP contribution in [0.2, 0.25) is 0 Å². The van der Waals surface area contributed by atoms with E-state index < -0.39 is 0 Å². The molecule has 0 bridgehead atoms. The summed E-state index contributed by atoms with van der Waals surface area (Å²) in [6.45, 7) is 0.976. The number of alkyl halides is 1. The minimum atomic E-state index is -0.0638. The molecule has 0 radical (unpaired) electrons. The smallest absolute Gasteiger partial charge is 0.236 e. The van der Waals surface area contributed by atoms with Gasteiger partial charge in [0.1, 0.15) is 0 Å². The zero-order valence-electron chi connectivity index (χ0n) is 9.16. The lowest BCUT2D eigenvalue weighted by atomic mass is 10.1. The van der Waals surface area contributed by atoms with E-state index in [0.29, 0.717) is 11.1 Å². The van der Waals surface area contributed by atoms with Crippen molar-refractivity contribution in [2.45, 2.75) is 32.2 Å². The molecule has 1 fully saturated rings. The Morgan fingerprint density at radius 3 is 3.00 bits per heavy atom. The Balaban J connectivity index is 1.88. The van der Waals surface area contributed by atoms with E-state index in [1.165, 1.54) is 25.7 Å². The minimum Gasteiger partial charge on any atom is -0.308 e. The van der Waals surface area contributed by atoms with Crippen molar-refractivity contribution in [2.24, 2.45) is 5.92 Å². The van der Waals surface area contributed by atoms with Gasteiger partial charge in [-0.3, -0.25) is 9.48 Å². The molecule has 0 spiro atoms. The maximum atomic E-state index is 11.1. The molecule has 0 atom stereocenters. The fraction of sp³-hybridized carbons (Fsp3) is 0.636. The van der Waals surface area contributed by atoms with Crippen LogP contribution in [0.5, 0.6) is 0 Å². The van der Waals surface area contributed by atoms with Gasteiger partial charge in [-0.25, -0.2) is 0 Å². The van der Waals surface area contributed by atoms with Gasteiger partial charge in [0.15, 0.2) is 5.82 Å². The van der Waals surface area contributed by atoms with Crippen LogP contribution in [0.1, 0.15) is 25.7 Å².